The van der Waals surface area contributed by atoms with Crippen molar-refractivity contribution in [3.8, 4) is 0 Å². The van der Waals surface area contributed by atoms with Gasteiger partial charge in [0.2, 0.25) is 0 Å². The maximum atomic E-state index is 13.0. The maximum absolute atomic E-state index is 13.0. The third-order valence-electron chi connectivity index (χ3n) is 5.11. The van der Waals surface area contributed by atoms with Crippen molar-refractivity contribution in [2.75, 3.05) is 6.54 Å². The van der Waals surface area contributed by atoms with Gasteiger partial charge in [-0.05, 0) is 17.2 Å². The molecule has 0 saturated heterocycles. The Kier molecular flexibility index (Phi) is 4.52. The summed E-state index contributed by atoms with van der Waals surface area (Å²) in [6.45, 7) is 0.0147. The molecule has 1 aliphatic heterocycles. The molecule has 2 N–H and O–H groups in total. The van der Waals surface area contributed by atoms with Gasteiger partial charge in [0, 0.05) is 17.5 Å². The van der Waals surface area contributed by atoms with Gasteiger partial charge in [0.25, 0.3) is 5.91 Å². The summed E-state index contributed by atoms with van der Waals surface area (Å²) in [6, 6.07) is 25.9. The largest absolute Gasteiger partial charge is 0.387 e. The number of carbonyl (C=O) groups is 1. The van der Waals surface area contributed by atoms with E-state index >= 15 is 0 Å². The molecule has 0 aromatic heterocycles. The summed E-state index contributed by atoms with van der Waals surface area (Å²) >= 11 is 0. The Morgan fingerprint density at radius 3 is 2.15 bits per heavy atom. The van der Waals surface area contributed by atoms with Gasteiger partial charge >= 0.3 is 0 Å². The zero-order valence-electron chi connectivity index (χ0n) is 14.8. The van der Waals surface area contributed by atoms with Gasteiger partial charge in [-0.15, -0.1) is 0 Å². The zero-order valence-corrected chi connectivity index (χ0v) is 14.8. The molecule has 0 fully saturated rings. The first-order valence-corrected chi connectivity index (χ1v) is 9.00. The van der Waals surface area contributed by atoms with Crippen LogP contribution in [-0.2, 0) is 12.1 Å². The summed E-state index contributed by atoms with van der Waals surface area (Å²) < 4.78 is 0. The predicted molar refractivity (Wildman–Crippen MR) is 103 cm³/mol. The van der Waals surface area contributed by atoms with Crippen LogP contribution >= 0.6 is 0 Å². The van der Waals surface area contributed by atoms with E-state index in [0.29, 0.717) is 16.7 Å². The number of hydrogen-bond acceptors (Lipinski definition) is 3. The number of amides is 1. The summed E-state index contributed by atoms with van der Waals surface area (Å²) in [4.78, 5) is 14.4. The van der Waals surface area contributed by atoms with E-state index in [4.69, 9.17) is 0 Å². The molecule has 4 rings (SSSR count). The van der Waals surface area contributed by atoms with Gasteiger partial charge in [0.05, 0.1) is 12.6 Å². The number of hydrogen-bond donors (Lipinski definition) is 2. The van der Waals surface area contributed by atoms with Crippen molar-refractivity contribution in [2.24, 2.45) is 0 Å². The molecule has 136 valence electrons. The molecule has 0 unspecified atom stereocenters. The molecule has 4 heteroatoms. The van der Waals surface area contributed by atoms with E-state index in [9.17, 15) is 15.0 Å². The van der Waals surface area contributed by atoms with Crippen LogP contribution in [0.4, 0.5) is 0 Å². The molecule has 0 bridgehead atoms. The second-order valence-corrected chi connectivity index (χ2v) is 6.87. The standard InChI is InChI=1S/C23H21NO3/c25-21(18-11-5-2-6-12-18)16-24-22(26)19-13-7-8-14-20(19)23(24,27)15-17-9-3-1-4-10-17/h1-14,21,25,27H,15-16H2/t21-,23-/m1/s1. The van der Waals surface area contributed by atoms with Gasteiger partial charge < -0.3 is 15.1 Å². The van der Waals surface area contributed by atoms with Crippen LogP contribution in [0, 0.1) is 0 Å². The van der Waals surface area contributed by atoms with Gasteiger partial charge in [0.15, 0.2) is 5.72 Å². The third-order valence-corrected chi connectivity index (χ3v) is 5.11. The van der Waals surface area contributed by atoms with Gasteiger partial charge in [-0.3, -0.25) is 4.79 Å². The Balaban J connectivity index is 1.71. The number of aliphatic hydroxyl groups excluding tert-OH is 1. The highest BCUT2D eigenvalue weighted by Gasteiger charge is 2.48. The molecule has 0 saturated carbocycles. The minimum atomic E-state index is -1.50. The fourth-order valence-corrected chi connectivity index (χ4v) is 3.74. The van der Waals surface area contributed by atoms with E-state index in [2.05, 4.69) is 0 Å². The lowest BCUT2D eigenvalue weighted by Crippen LogP contribution is -2.47. The van der Waals surface area contributed by atoms with E-state index in [1.54, 1.807) is 18.2 Å². The Labute approximate surface area is 158 Å². The van der Waals surface area contributed by atoms with Gasteiger partial charge in [0.1, 0.15) is 0 Å². The lowest BCUT2D eigenvalue weighted by molar-refractivity contribution is -0.0962. The van der Waals surface area contributed by atoms with E-state index in [1.807, 2.05) is 66.7 Å². The minimum Gasteiger partial charge on any atom is -0.387 e. The molecule has 4 nitrogen and oxygen atoms in total. The van der Waals surface area contributed by atoms with Crippen LogP contribution in [0.5, 0.6) is 0 Å². The number of rotatable bonds is 5. The summed E-state index contributed by atoms with van der Waals surface area (Å²) in [5.41, 5.74) is 1.20. The lowest BCUT2D eigenvalue weighted by Gasteiger charge is -2.36. The van der Waals surface area contributed by atoms with Crippen LogP contribution in [0.2, 0.25) is 0 Å². The highest BCUT2D eigenvalue weighted by atomic mass is 16.3. The minimum absolute atomic E-state index is 0.0147. The quantitative estimate of drug-likeness (QED) is 0.735. The Morgan fingerprint density at radius 2 is 1.44 bits per heavy atom. The van der Waals surface area contributed by atoms with Crippen molar-refractivity contribution < 1.29 is 15.0 Å². The summed E-state index contributed by atoms with van der Waals surface area (Å²) in [6.07, 6.45) is -0.621. The van der Waals surface area contributed by atoms with Crippen LogP contribution in [0.15, 0.2) is 84.9 Å². The van der Waals surface area contributed by atoms with Crippen molar-refractivity contribution in [1.29, 1.82) is 0 Å². The summed E-state index contributed by atoms with van der Waals surface area (Å²) in [7, 11) is 0. The summed E-state index contributed by atoms with van der Waals surface area (Å²) in [5, 5.41) is 22.3. The molecule has 0 spiro atoms. The highest BCUT2D eigenvalue weighted by molar-refractivity contribution is 5.99. The van der Waals surface area contributed by atoms with Gasteiger partial charge in [-0.1, -0.05) is 78.9 Å². The Hall–Kier alpha value is -2.95. The van der Waals surface area contributed by atoms with Crippen LogP contribution in [0.25, 0.3) is 0 Å². The van der Waals surface area contributed by atoms with Crippen molar-refractivity contribution in [3.63, 3.8) is 0 Å². The maximum Gasteiger partial charge on any atom is 0.256 e. The van der Waals surface area contributed by atoms with Crippen LogP contribution in [0.1, 0.15) is 33.2 Å². The number of β-amino-alcohol motifs (C(OH)–C–C–N with tert-alkyl or cyclic N) is 1. The van der Waals surface area contributed by atoms with Crippen molar-refractivity contribution >= 4 is 5.91 Å². The number of carbonyl (C=O) groups excluding carboxylic acids is 1. The average Bonchev–Trinajstić information content (AvgIpc) is 2.91. The molecule has 0 radical (unpaired) electrons. The second kappa shape index (κ2) is 6.99. The molecular formula is C23H21NO3. The van der Waals surface area contributed by atoms with Crippen LogP contribution in [0.3, 0.4) is 0 Å². The fourth-order valence-electron chi connectivity index (χ4n) is 3.74. The van der Waals surface area contributed by atoms with Crippen LogP contribution < -0.4 is 0 Å². The van der Waals surface area contributed by atoms with Crippen molar-refractivity contribution in [1.82, 2.24) is 4.90 Å². The monoisotopic (exact) mass is 359 g/mol. The molecule has 2 atom stereocenters. The van der Waals surface area contributed by atoms with E-state index in [1.165, 1.54) is 4.90 Å². The molecule has 1 aliphatic rings. The normalized spacial score (nSPS) is 19.8. The van der Waals surface area contributed by atoms with Gasteiger partial charge in [-0.2, -0.15) is 0 Å². The average molecular weight is 359 g/mol. The molecule has 1 amide bonds. The van der Waals surface area contributed by atoms with Crippen molar-refractivity contribution in [3.05, 3.63) is 107 Å². The first kappa shape index (κ1) is 17.5. The van der Waals surface area contributed by atoms with Crippen molar-refractivity contribution in [2.45, 2.75) is 18.2 Å². The molecular weight excluding hydrogens is 338 g/mol. The zero-order chi connectivity index (χ0) is 18.9. The van der Waals surface area contributed by atoms with E-state index < -0.39 is 11.8 Å². The third kappa shape index (κ3) is 3.14. The molecule has 27 heavy (non-hydrogen) atoms. The summed E-state index contributed by atoms with van der Waals surface area (Å²) in [5.74, 6) is -0.265. The first-order valence-electron chi connectivity index (χ1n) is 9.00. The number of nitrogens with zero attached hydrogens (tertiary/aromatic N) is 1. The Morgan fingerprint density at radius 1 is 0.852 bits per heavy atom. The second-order valence-electron chi connectivity index (χ2n) is 6.87. The van der Waals surface area contributed by atoms with E-state index in [-0.39, 0.29) is 18.9 Å². The van der Waals surface area contributed by atoms with Crippen LogP contribution in [-0.4, -0.2) is 27.6 Å². The Bertz CT molecular complexity index is 942. The number of aliphatic hydroxyl groups is 2. The molecule has 3 aromatic rings. The van der Waals surface area contributed by atoms with Gasteiger partial charge in [-0.25, -0.2) is 0 Å². The first-order chi connectivity index (χ1) is 13.1. The predicted octanol–water partition coefficient (Wildman–Crippen LogP) is 3.26. The highest BCUT2D eigenvalue weighted by Crippen LogP contribution is 2.40. The smallest absolute Gasteiger partial charge is 0.256 e. The topological polar surface area (TPSA) is 60.8 Å². The number of benzene rings is 3. The van der Waals surface area contributed by atoms with E-state index in [0.717, 1.165) is 5.56 Å². The fraction of sp³-hybridized carbons (Fsp3) is 0.174. The SMILES string of the molecule is O=C1c2ccccc2[C@](O)(Cc2ccccc2)N1C[C@@H](O)c1ccccc1. The lowest BCUT2D eigenvalue weighted by atomic mass is 9.94. The molecule has 1 heterocycles. The molecule has 3 aromatic carbocycles. The number of fused-ring (bicyclic) bond motifs is 1. The molecule has 0 aliphatic carbocycles.